The first-order chi connectivity index (χ1) is 14.1. The molecule has 0 spiro atoms. The highest BCUT2D eigenvalue weighted by atomic mass is 16.6. The van der Waals surface area contributed by atoms with Gasteiger partial charge in [0, 0.05) is 5.69 Å². The van der Waals surface area contributed by atoms with Gasteiger partial charge in [-0.3, -0.25) is 30.3 Å². The Kier molecular flexibility index (Phi) is 8.62. The summed E-state index contributed by atoms with van der Waals surface area (Å²) in [5.74, 6) is -1.54. The van der Waals surface area contributed by atoms with Crippen molar-refractivity contribution in [2.45, 2.75) is 19.8 Å². The molecule has 2 rings (SSSR count). The molecule has 2 aromatic carbocycles. The van der Waals surface area contributed by atoms with Crippen LogP contribution in [0.2, 0.25) is 0 Å². The predicted octanol–water partition coefficient (Wildman–Crippen LogP) is 3.34. The topological polar surface area (TPSA) is 202 Å². The predicted molar refractivity (Wildman–Crippen MR) is 104 cm³/mol. The molecule has 0 bridgehead atoms. The SMILES string of the molecule is CCCCOC(=O)c1ccccc1N.O=[N+]([O-])c1cc([N+](=O)[O-])c(O)c([N+](=O)[O-])c1. The molecule has 30 heavy (non-hydrogen) atoms. The zero-order chi connectivity index (χ0) is 22.8. The van der Waals surface area contributed by atoms with Crippen LogP contribution in [0.4, 0.5) is 22.7 Å². The highest BCUT2D eigenvalue weighted by Crippen LogP contribution is 2.38. The second kappa shape index (κ2) is 10.9. The number of para-hydroxylation sites is 1. The van der Waals surface area contributed by atoms with Gasteiger partial charge in [0.15, 0.2) is 0 Å². The van der Waals surface area contributed by atoms with Crippen molar-refractivity contribution in [1.82, 2.24) is 0 Å². The van der Waals surface area contributed by atoms with Crippen molar-refractivity contribution in [2.24, 2.45) is 0 Å². The van der Waals surface area contributed by atoms with E-state index in [1.807, 2.05) is 6.92 Å². The van der Waals surface area contributed by atoms with Gasteiger partial charge in [0.1, 0.15) is 0 Å². The molecule has 0 amide bonds. The smallest absolute Gasteiger partial charge is 0.340 e. The number of aromatic hydroxyl groups is 1. The van der Waals surface area contributed by atoms with Gasteiger partial charge in [-0.1, -0.05) is 25.5 Å². The minimum absolute atomic E-state index is 0.337. The number of nitro groups is 3. The lowest BCUT2D eigenvalue weighted by Gasteiger charge is -2.05. The highest BCUT2D eigenvalue weighted by Gasteiger charge is 2.30. The summed E-state index contributed by atoms with van der Waals surface area (Å²) in [7, 11) is 0. The average molecular weight is 422 g/mol. The quantitative estimate of drug-likeness (QED) is 0.219. The first-order valence-electron chi connectivity index (χ1n) is 8.41. The van der Waals surface area contributed by atoms with Crippen LogP contribution in [0.25, 0.3) is 0 Å². The van der Waals surface area contributed by atoms with E-state index in [4.69, 9.17) is 15.6 Å². The van der Waals surface area contributed by atoms with E-state index in [0.29, 0.717) is 30.0 Å². The fourth-order valence-corrected chi connectivity index (χ4v) is 2.04. The second-order valence-corrected chi connectivity index (χ2v) is 5.68. The Hall–Kier alpha value is -4.29. The van der Waals surface area contributed by atoms with Crippen LogP contribution in [-0.2, 0) is 4.74 Å². The number of carbonyl (C=O) groups excluding carboxylic acids is 1. The number of hydrogen-bond donors (Lipinski definition) is 2. The van der Waals surface area contributed by atoms with Crippen molar-refractivity contribution in [3.8, 4) is 5.75 Å². The molecule has 0 atom stereocenters. The number of rotatable bonds is 7. The third kappa shape index (κ3) is 6.40. The number of nitrogens with zero attached hydrogens (tertiary/aromatic N) is 3. The summed E-state index contributed by atoms with van der Waals surface area (Å²) < 4.78 is 5.03. The van der Waals surface area contributed by atoms with Gasteiger partial charge in [0.05, 0.1) is 39.1 Å². The summed E-state index contributed by atoms with van der Waals surface area (Å²) in [4.78, 5) is 39.2. The van der Waals surface area contributed by atoms with E-state index in [2.05, 4.69) is 0 Å². The molecule has 0 aromatic heterocycles. The minimum atomic E-state index is -1.21. The maximum absolute atomic E-state index is 11.4. The lowest BCUT2D eigenvalue weighted by atomic mass is 10.2. The molecular formula is C17H18N4O9. The van der Waals surface area contributed by atoms with Crippen molar-refractivity contribution >= 4 is 28.7 Å². The molecule has 0 radical (unpaired) electrons. The van der Waals surface area contributed by atoms with E-state index >= 15 is 0 Å². The second-order valence-electron chi connectivity index (χ2n) is 5.68. The molecule has 0 unspecified atom stereocenters. The van der Waals surface area contributed by atoms with Crippen LogP contribution in [0, 0.1) is 30.3 Å². The van der Waals surface area contributed by atoms with Gasteiger partial charge in [0.2, 0.25) is 0 Å². The third-order valence-corrected chi connectivity index (χ3v) is 3.57. The number of benzene rings is 2. The standard InChI is InChI=1S/C11H15NO2.C6H3N3O7/c1-2-3-8-14-11(13)9-6-4-5-7-10(9)12;10-6-4(8(13)14)1-3(7(11)12)2-5(6)9(15)16/h4-7H,2-3,8,12H2,1H3;1-2,10H. The summed E-state index contributed by atoms with van der Waals surface area (Å²) in [6.45, 7) is 2.51. The number of nitro benzene ring substituents is 3. The van der Waals surface area contributed by atoms with E-state index in [0.717, 1.165) is 12.8 Å². The van der Waals surface area contributed by atoms with Crippen LogP contribution < -0.4 is 5.73 Å². The number of phenols is 1. The fraction of sp³-hybridized carbons (Fsp3) is 0.235. The molecule has 2 aromatic rings. The molecule has 0 aliphatic heterocycles. The van der Waals surface area contributed by atoms with E-state index in [9.17, 15) is 35.1 Å². The highest BCUT2D eigenvalue weighted by molar-refractivity contribution is 5.94. The molecule has 0 aliphatic carbocycles. The molecule has 0 aliphatic rings. The van der Waals surface area contributed by atoms with Crippen molar-refractivity contribution < 1.29 is 29.4 Å². The summed E-state index contributed by atoms with van der Waals surface area (Å²) in [6, 6.07) is 7.82. The van der Waals surface area contributed by atoms with E-state index in [1.54, 1.807) is 24.3 Å². The number of hydrogen-bond acceptors (Lipinski definition) is 10. The van der Waals surface area contributed by atoms with Gasteiger partial charge in [-0.15, -0.1) is 0 Å². The Morgan fingerprint density at radius 3 is 2.00 bits per heavy atom. The van der Waals surface area contributed by atoms with Crippen LogP contribution in [-0.4, -0.2) is 32.5 Å². The number of ether oxygens (including phenoxy) is 1. The number of esters is 1. The maximum atomic E-state index is 11.4. The average Bonchev–Trinajstić information content (AvgIpc) is 2.68. The Balaban J connectivity index is 0.000000303. The first kappa shape index (κ1) is 23.7. The summed E-state index contributed by atoms with van der Waals surface area (Å²) in [6.07, 6.45) is 1.90. The number of nitrogen functional groups attached to an aromatic ring is 1. The molecule has 0 heterocycles. The van der Waals surface area contributed by atoms with Gasteiger partial charge in [-0.2, -0.15) is 0 Å². The summed E-state index contributed by atoms with van der Waals surface area (Å²) in [5, 5.41) is 40.2. The van der Waals surface area contributed by atoms with Crippen LogP contribution in [0.15, 0.2) is 36.4 Å². The molecule has 0 saturated carbocycles. The Morgan fingerprint density at radius 2 is 1.57 bits per heavy atom. The van der Waals surface area contributed by atoms with E-state index in [1.165, 1.54) is 0 Å². The van der Waals surface area contributed by atoms with Crippen molar-refractivity contribution in [3.05, 3.63) is 72.3 Å². The molecule has 160 valence electrons. The number of non-ortho nitro benzene ring substituents is 1. The largest absolute Gasteiger partial charge is 0.497 e. The molecule has 0 saturated heterocycles. The molecular weight excluding hydrogens is 404 g/mol. The number of nitrogens with two attached hydrogens (primary N) is 1. The molecule has 3 N–H and O–H groups in total. The molecule has 13 heteroatoms. The van der Waals surface area contributed by atoms with Crippen molar-refractivity contribution in [1.29, 1.82) is 0 Å². The van der Waals surface area contributed by atoms with Crippen LogP contribution >= 0.6 is 0 Å². The van der Waals surface area contributed by atoms with Gasteiger partial charge < -0.3 is 15.6 Å². The van der Waals surface area contributed by atoms with Crippen molar-refractivity contribution in [2.75, 3.05) is 12.3 Å². The third-order valence-electron chi connectivity index (χ3n) is 3.57. The van der Waals surface area contributed by atoms with E-state index < -0.39 is 37.6 Å². The fourth-order valence-electron chi connectivity index (χ4n) is 2.04. The monoisotopic (exact) mass is 422 g/mol. The Labute approximate surface area is 169 Å². The van der Waals surface area contributed by atoms with Gasteiger partial charge in [-0.25, -0.2) is 4.79 Å². The normalized spacial score (nSPS) is 9.77. The Morgan fingerprint density at radius 1 is 1.03 bits per heavy atom. The lowest BCUT2D eigenvalue weighted by molar-refractivity contribution is -0.404. The Bertz CT molecular complexity index is 927. The zero-order valence-corrected chi connectivity index (χ0v) is 15.7. The summed E-state index contributed by atoms with van der Waals surface area (Å²) in [5.41, 5.74) is 3.54. The molecule has 0 fully saturated rings. The number of unbranched alkanes of at least 4 members (excludes halogenated alkanes) is 1. The van der Waals surface area contributed by atoms with Crippen molar-refractivity contribution in [3.63, 3.8) is 0 Å². The van der Waals surface area contributed by atoms with E-state index in [-0.39, 0.29) is 5.97 Å². The first-order valence-corrected chi connectivity index (χ1v) is 8.41. The molecule has 13 nitrogen and oxygen atoms in total. The number of phenolic OH excluding ortho intramolecular Hbond substituents is 1. The van der Waals surface area contributed by atoms with Gasteiger partial charge in [-0.05, 0) is 18.6 Å². The number of anilines is 1. The maximum Gasteiger partial charge on any atom is 0.340 e. The van der Waals surface area contributed by atoms with Crippen LogP contribution in [0.3, 0.4) is 0 Å². The summed E-state index contributed by atoms with van der Waals surface area (Å²) >= 11 is 0. The van der Waals surface area contributed by atoms with Gasteiger partial charge in [0.25, 0.3) is 11.4 Å². The number of carbonyl (C=O) groups is 1. The minimum Gasteiger partial charge on any atom is -0.497 e. The van der Waals surface area contributed by atoms with Crippen LogP contribution in [0.1, 0.15) is 30.1 Å². The van der Waals surface area contributed by atoms with Gasteiger partial charge >= 0.3 is 17.3 Å². The van der Waals surface area contributed by atoms with Crippen LogP contribution in [0.5, 0.6) is 5.75 Å². The lowest BCUT2D eigenvalue weighted by Crippen LogP contribution is -2.08. The zero-order valence-electron chi connectivity index (χ0n) is 15.7.